The Hall–Kier alpha value is -2.67. The highest BCUT2D eigenvalue weighted by molar-refractivity contribution is 5.87. The van der Waals surface area contributed by atoms with Crippen molar-refractivity contribution < 1.29 is 23.1 Å². The summed E-state index contributed by atoms with van der Waals surface area (Å²) in [6, 6.07) is 9.67. The molecular weight excluding hydrogens is 387 g/mol. The normalized spacial score (nSPS) is 18.4. The first kappa shape index (κ1) is 20.6. The number of ether oxygens (including phenoxy) is 1. The topological polar surface area (TPSA) is 63.0 Å². The molecule has 0 spiro atoms. The smallest absolute Gasteiger partial charge is 0.242 e. The van der Waals surface area contributed by atoms with Gasteiger partial charge >= 0.3 is 0 Å². The molecule has 2 aromatic rings. The van der Waals surface area contributed by atoms with Crippen molar-refractivity contribution in [3.63, 3.8) is 0 Å². The minimum atomic E-state index is -0.319. The van der Waals surface area contributed by atoms with E-state index in [1.165, 1.54) is 12.1 Å². The molecule has 2 fully saturated rings. The van der Waals surface area contributed by atoms with Crippen molar-refractivity contribution in [1.29, 1.82) is 0 Å². The Bertz CT molecular complexity index is 843. The van der Waals surface area contributed by atoms with Gasteiger partial charge in [-0.1, -0.05) is 12.1 Å². The van der Waals surface area contributed by atoms with E-state index in [2.05, 4.69) is 0 Å². The largest absolute Gasteiger partial charge is 0.467 e. The third-order valence-electron chi connectivity index (χ3n) is 5.58. The van der Waals surface area contributed by atoms with Gasteiger partial charge in [0.05, 0.1) is 25.5 Å². The summed E-state index contributed by atoms with van der Waals surface area (Å²) in [5.41, 5.74) is 0.815. The summed E-state index contributed by atoms with van der Waals surface area (Å²) >= 11 is 0. The van der Waals surface area contributed by atoms with Gasteiger partial charge in [-0.15, -0.1) is 0 Å². The van der Waals surface area contributed by atoms with Crippen molar-refractivity contribution in [2.45, 2.75) is 44.9 Å². The summed E-state index contributed by atoms with van der Waals surface area (Å²) in [4.78, 5) is 29.4. The van der Waals surface area contributed by atoms with Crippen LogP contribution in [0.2, 0.25) is 0 Å². The van der Waals surface area contributed by atoms with Crippen molar-refractivity contribution >= 4 is 11.8 Å². The molecule has 0 unspecified atom stereocenters. The Morgan fingerprint density at radius 3 is 2.47 bits per heavy atom. The van der Waals surface area contributed by atoms with Crippen LogP contribution < -0.4 is 0 Å². The fourth-order valence-electron chi connectivity index (χ4n) is 3.75. The average molecular weight is 414 g/mol. The van der Waals surface area contributed by atoms with Crippen LogP contribution in [0, 0.1) is 11.7 Å². The van der Waals surface area contributed by atoms with E-state index in [0.717, 1.165) is 31.2 Å². The van der Waals surface area contributed by atoms with Crippen molar-refractivity contribution in [2.75, 3.05) is 19.7 Å². The quantitative estimate of drug-likeness (QED) is 0.631. The average Bonchev–Trinajstić information content (AvgIpc) is 3.21. The van der Waals surface area contributed by atoms with E-state index in [-0.39, 0.29) is 42.7 Å². The summed E-state index contributed by atoms with van der Waals surface area (Å²) in [5.74, 6) is 0.251. The molecule has 1 aromatic carbocycles. The van der Waals surface area contributed by atoms with Gasteiger partial charge in [-0.25, -0.2) is 4.39 Å². The number of furan rings is 1. The highest BCUT2D eigenvalue weighted by atomic mass is 19.1. The lowest BCUT2D eigenvalue weighted by molar-refractivity contribution is -0.143. The van der Waals surface area contributed by atoms with E-state index in [9.17, 15) is 14.0 Å². The van der Waals surface area contributed by atoms with Gasteiger partial charge in [-0.2, -0.15) is 0 Å². The van der Waals surface area contributed by atoms with E-state index in [1.807, 2.05) is 6.07 Å². The van der Waals surface area contributed by atoms with Gasteiger partial charge in [0.25, 0.3) is 0 Å². The Balaban J connectivity index is 1.47. The zero-order chi connectivity index (χ0) is 20.9. The highest BCUT2D eigenvalue weighted by Gasteiger charge is 2.36. The zero-order valence-corrected chi connectivity index (χ0v) is 17.0. The van der Waals surface area contributed by atoms with E-state index < -0.39 is 0 Å². The van der Waals surface area contributed by atoms with Crippen LogP contribution >= 0.6 is 0 Å². The molecule has 6 nitrogen and oxygen atoms in total. The molecule has 30 heavy (non-hydrogen) atoms. The van der Waals surface area contributed by atoms with Crippen LogP contribution in [0.1, 0.15) is 37.0 Å². The van der Waals surface area contributed by atoms with E-state index in [4.69, 9.17) is 9.15 Å². The van der Waals surface area contributed by atoms with Gasteiger partial charge in [-0.3, -0.25) is 9.59 Å². The molecule has 1 aromatic heterocycles. The third kappa shape index (κ3) is 5.48. The van der Waals surface area contributed by atoms with Gasteiger partial charge in [0.15, 0.2) is 0 Å². The van der Waals surface area contributed by atoms with Gasteiger partial charge in [-0.05, 0) is 55.5 Å². The van der Waals surface area contributed by atoms with Crippen LogP contribution in [0.5, 0.6) is 0 Å². The summed E-state index contributed by atoms with van der Waals surface area (Å²) in [5, 5.41) is 0. The van der Waals surface area contributed by atoms with Crippen molar-refractivity contribution in [3.8, 4) is 0 Å². The van der Waals surface area contributed by atoms with E-state index >= 15 is 0 Å². The van der Waals surface area contributed by atoms with Crippen LogP contribution in [0.25, 0.3) is 0 Å². The first-order valence-corrected chi connectivity index (χ1v) is 10.5. The van der Waals surface area contributed by atoms with Crippen LogP contribution in [0.3, 0.4) is 0 Å². The standard InChI is InChI=1S/C23H27FN2O4/c24-19-9-5-17(6-10-19)13-25(14-20-3-1-11-29-20)22(27)16-26(23(28)18-7-8-18)15-21-4-2-12-30-21/h1,3,5-6,9-11,18,21H,2,4,7-8,12-16H2/t21-/m0/s1. The SMILES string of the molecule is O=C(CN(C[C@@H]1CCCO1)C(=O)C1CC1)N(Cc1ccc(F)cc1)Cc1ccco1. The first-order valence-electron chi connectivity index (χ1n) is 10.5. The molecule has 1 saturated carbocycles. The lowest BCUT2D eigenvalue weighted by atomic mass is 10.2. The summed E-state index contributed by atoms with van der Waals surface area (Å²) in [6.45, 7) is 1.77. The maximum absolute atomic E-state index is 13.3. The third-order valence-corrected chi connectivity index (χ3v) is 5.58. The van der Waals surface area contributed by atoms with Crippen LogP contribution in [-0.4, -0.2) is 47.4 Å². The fourth-order valence-corrected chi connectivity index (χ4v) is 3.75. The first-order chi connectivity index (χ1) is 14.6. The monoisotopic (exact) mass is 414 g/mol. The number of nitrogens with zero attached hydrogens (tertiary/aromatic N) is 2. The molecule has 2 heterocycles. The lowest BCUT2D eigenvalue weighted by Crippen LogP contribution is -2.45. The molecule has 2 aliphatic rings. The Kier molecular flexibility index (Phi) is 6.47. The molecule has 0 N–H and O–H groups in total. The molecule has 1 atom stereocenters. The Labute approximate surface area is 175 Å². The predicted molar refractivity (Wildman–Crippen MR) is 108 cm³/mol. The zero-order valence-electron chi connectivity index (χ0n) is 17.0. The molecule has 4 rings (SSSR count). The second-order valence-corrected chi connectivity index (χ2v) is 8.08. The highest BCUT2D eigenvalue weighted by Crippen LogP contribution is 2.31. The van der Waals surface area contributed by atoms with Crippen molar-refractivity contribution in [1.82, 2.24) is 9.80 Å². The number of rotatable bonds is 9. The van der Waals surface area contributed by atoms with Gasteiger partial charge < -0.3 is 19.0 Å². The Morgan fingerprint density at radius 2 is 1.83 bits per heavy atom. The number of carbonyl (C=O) groups is 2. The van der Waals surface area contributed by atoms with Gasteiger partial charge in [0.2, 0.25) is 11.8 Å². The van der Waals surface area contributed by atoms with Crippen LogP contribution in [0.15, 0.2) is 47.1 Å². The number of carbonyl (C=O) groups excluding carboxylic acids is 2. The molecule has 1 aliphatic carbocycles. The number of benzene rings is 1. The van der Waals surface area contributed by atoms with Crippen molar-refractivity contribution in [2.24, 2.45) is 5.92 Å². The minimum Gasteiger partial charge on any atom is -0.467 e. The van der Waals surface area contributed by atoms with Gasteiger partial charge in [0.1, 0.15) is 11.6 Å². The Morgan fingerprint density at radius 1 is 1.03 bits per heavy atom. The minimum absolute atomic E-state index is 0.00359. The van der Waals surface area contributed by atoms with E-state index in [0.29, 0.717) is 25.5 Å². The molecule has 2 amide bonds. The molecule has 0 radical (unpaired) electrons. The molecule has 0 bridgehead atoms. The molecule has 160 valence electrons. The molecule has 1 aliphatic heterocycles. The van der Waals surface area contributed by atoms with Crippen molar-refractivity contribution in [3.05, 3.63) is 59.8 Å². The summed E-state index contributed by atoms with van der Waals surface area (Å²) in [6.07, 6.45) is 5.24. The van der Waals surface area contributed by atoms with Crippen LogP contribution in [-0.2, 0) is 27.4 Å². The lowest BCUT2D eigenvalue weighted by Gasteiger charge is -2.29. The number of hydrogen-bond acceptors (Lipinski definition) is 4. The predicted octanol–water partition coefficient (Wildman–Crippen LogP) is 3.37. The number of halogens is 1. The maximum Gasteiger partial charge on any atom is 0.242 e. The van der Waals surface area contributed by atoms with Crippen LogP contribution in [0.4, 0.5) is 4.39 Å². The van der Waals surface area contributed by atoms with Gasteiger partial charge in [0, 0.05) is 25.6 Å². The summed E-state index contributed by atoms with van der Waals surface area (Å²) < 4.78 is 24.4. The molecule has 1 saturated heterocycles. The molecule has 7 heteroatoms. The maximum atomic E-state index is 13.3. The van der Waals surface area contributed by atoms with E-state index in [1.54, 1.807) is 34.3 Å². The number of amides is 2. The second kappa shape index (κ2) is 9.43. The summed E-state index contributed by atoms with van der Waals surface area (Å²) in [7, 11) is 0. The number of hydrogen-bond donors (Lipinski definition) is 0. The second-order valence-electron chi connectivity index (χ2n) is 8.08. The molecular formula is C23H27FN2O4. The fraction of sp³-hybridized carbons (Fsp3) is 0.478.